The highest BCUT2D eigenvalue weighted by molar-refractivity contribution is 6.35. The monoisotopic (exact) mass is 412 g/mol. The van der Waals surface area contributed by atoms with Crippen LogP contribution in [0.5, 0.6) is 0 Å². The van der Waals surface area contributed by atoms with Gasteiger partial charge in [-0.3, -0.25) is 15.0 Å². The highest BCUT2D eigenvalue weighted by Crippen LogP contribution is 2.32. The SMILES string of the molecule is O=[N+]([O-])c1c(NCCN2CCOCC2)ncnc1Nc1cc(Cl)cc(Cl)c1. The first kappa shape index (κ1) is 19.6. The molecule has 9 nitrogen and oxygen atoms in total. The van der Waals surface area contributed by atoms with E-state index in [-0.39, 0.29) is 17.3 Å². The molecule has 144 valence electrons. The normalized spacial score (nSPS) is 14.7. The molecule has 11 heteroatoms. The van der Waals surface area contributed by atoms with E-state index < -0.39 is 4.92 Å². The van der Waals surface area contributed by atoms with Crippen molar-refractivity contribution in [2.24, 2.45) is 0 Å². The lowest BCUT2D eigenvalue weighted by Crippen LogP contribution is -2.39. The van der Waals surface area contributed by atoms with E-state index in [0.29, 0.717) is 35.5 Å². The molecular formula is C16H18Cl2N6O3. The largest absolute Gasteiger partial charge is 0.379 e. The molecule has 1 saturated heterocycles. The van der Waals surface area contributed by atoms with Crippen molar-refractivity contribution < 1.29 is 9.66 Å². The van der Waals surface area contributed by atoms with Gasteiger partial charge in [0.1, 0.15) is 6.33 Å². The van der Waals surface area contributed by atoms with Crippen LogP contribution in [0.3, 0.4) is 0 Å². The maximum absolute atomic E-state index is 11.6. The Morgan fingerprint density at radius 3 is 2.48 bits per heavy atom. The molecule has 0 aliphatic carbocycles. The lowest BCUT2D eigenvalue weighted by molar-refractivity contribution is -0.383. The topological polar surface area (TPSA) is 105 Å². The van der Waals surface area contributed by atoms with Gasteiger partial charge in [0.2, 0.25) is 11.6 Å². The number of ether oxygens (including phenoxy) is 1. The zero-order valence-corrected chi connectivity index (χ0v) is 15.8. The number of benzene rings is 1. The zero-order valence-electron chi connectivity index (χ0n) is 14.3. The average molecular weight is 413 g/mol. The van der Waals surface area contributed by atoms with Crippen LogP contribution in [0.25, 0.3) is 0 Å². The smallest absolute Gasteiger partial charge is 0.353 e. The fraction of sp³-hybridized carbons (Fsp3) is 0.375. The van der Waals surface area contributed by atoms with Gasteiger partial charge in [-0.2, -0.15) is 0 Å². The minimum atomic E-state index is -0.522. The van der Waals surface area contributed by atoms with Crippen LogP contribution in [0.1, 0.15) is 0 Å². The molecule has 2 heterocycles. The number of rotatable bonds is 7. The van der Waals surface area contributed by atoms with Crippen molar-refractivity contribution >= 4 is 46.2 Å². The van der Waals surface area contributed by atoms with Gasteiger partial charge in [-0.1, -0.05) is 23.2 Å². The molecule has 0 unspecified atom stereocenters. The summed E-state index contributed by atoms with van der Waals surface area (Å²) in [6.45, 7) is 4.33. The Labute approximate surface area is 165 Å². The number of halogens is 2. The highest BCUT2D eigenvalue weighted by atomic mass is 35.5. The van der Waals surface area contributed by atoms with Gasteiger partial charge in [0.15, 0.2) is 0 Å². The third-order valence-corrected chi connectivity index (χ3v) is 4.39. The van der Waals surface area contributed by atoms with Crippen molar-refractivity contribution in [3.63, 3.8) is 0 Å². The van der Waals surface area contributed by atoms with E-state index in [1.165, 1.54) is 6.33 Å². The summed E-state index contributed by atoms with van der Waals surface area (Å²) in [5, 5.41) is 18.3. The molecule has 1 aliphatic heterocycles. The maximum atomic E-state index is 11.6. The molecule has 0 atom stereocenters. The molecule has 1 aromatic carbocycles. The van der Waals surface area contributed by atoms with E-state index in [2.05, 4.69) is 25.5 Å². The Bertz CT molecular complexity index is 796. The number of nitrogens with zero attached hydrogens (tertiary/aromatic N) is 4. The molecule has 0 amide bonds. The second kappa shape index (κ2) is 9.14. The summed E-state index contributed by atoms with van der Waals surface area (Å²) in [5.41, 5.74) is 0.254. The fourth-order valence-electron chi connectivity index (χ4n) is 2.69. The predicted octanol–water partition coefficient (Wildman–Crippen LogP) is 3.18. The number of morpholine rings is 1. The summed E-state index contributed by atoms with van der Waals surface area (Å²) in [7, 11) is 0. The quantitative estimate of drug-likeness (QED) is 0.527. The van der Waals surface area contributed by atoms with Crippen LogP contribution in [0.4, 0.5) is 23.0 Å². The molecule has 1 aromatic heterocycles. The Morgan fingerprint density at radius 2 is 1.81 bits per heavy atom. The van der Waals surface area contributed by atoms with E-state index in [1.807, 2.05) is 0 Å². The van der Waals surface area contributed by atoms with Crippen molar-refractivity contribution in [1.29, 1.82) is 0 Å². The first-order chi connectivity index (χ1) is 13.0. The van der Waals surface area contributed by atoms with Crippen LogP contribution < -0.4 is 10.6 Å². The third-order valence-electron chi connectivity index (χ3n) is 3.95. The minimum Gasteiger partial charge on any atom is -0.379 e. The molecule has 2 N–H and O–H groups in total. The fourth-order valence-corrected chi connectivity index (χ4v) is 3.22. The highest BCUT2D eigenvalue weighted by Gasteiger charge is 2.23. The van der Waals surface area contributed by atoms with Gasteiger partial charge in [0, 0.05) is 41.9 Å². The third kappa shape index (κ3) is 5.39. The van der Waals surface area contributed by atoms with Crippen molar-refractivity contribution in [3.8, 4) is 0 Å². The number of hydrogen-bond donors (Lipinski definition) is 2. The number of anilines is 3. The summed E-state index contributed by atoms with van der Waals surface area (Å²) in [4.78, 5) is 21.3. The Morgan fingerprint density at radius 1 is 1.15 bits per heavy atom. The van der Waals surface area contributed by atoms with E-state index in [4.69, 9.17) is 27.9 Å². The molecule has 1 aliphatic rings. The summed E-state index contributed by atoms with van der Waals surface area (Å²) in [5.74, 6) is 0.209. The average Bonchev–Trinajstić information content (AvgIpc) is 2.61. The van der Waals surface area contributed by atoms with E-state index >= 15 is 0 Å². The first-order valence-electron chi connectivity index (χ1n) is 8.29. The van der Waals surface area contributed by atoms with Gasteiger partial charge in [-0.25, -0.2) is 9.97 Å². The van der Waals surface area contributed by atoms with Crippen molar-refractivity contribution in [3.05, 3.63) is 44.7 Å². The van der Waals surface area contributed by atoms with Crippen LogP contribution in [-0.4, -0.2) is 59.2 Å². The molecule has 0 bridgehead atoms. The van der Waals surface area contributed by atoms with Crippen LogP contribution in [-0.2, 0) is 4.74 Å². The first-order valence-corrected chi connectivity index (χ1v) is 9.05. The standard InChI is InChI=1S/C16H18Cl2N6O3/c17-11-7-12(18)9-13(8-11)22-16-14(24(25)26)15(20-10-21-16)19-1-2-23-3-5-27-6-4-23/h7-10H,1-6H2,(H2,19,20,21,22). The molecule has 0 radical (unpaired) electrons. The molecular weight excluding hydrogens is 395 g/mol. The minimum absolute atomic E-state index is 0.0576. The summed E-state index contributed by atoms with van der Waals surface area (Å²) in [6.07, 6.45) is 1.26. The summed E-state index contributed by atoms with van der Waals surface area (Å²) >= 11 is 12.0. The Balaban J connectivity index is 1.74. The van der Waals surface area contributed by atoms with Gasteiger partial charge < -0.3 is 15.4 Å². The maximum Gasteiger partial charge on any atom is 0.353 e. The second-order valence-corrected chi connectivity index (χ2v) is 6.71. The van der Waals surface area contributed by atoms with Gasteiger partial charge in [-0.05, 0) is 18.2 Å². The van der Waals surface area contributed by atoms with Gasteiger partial charge in [0.05, 0.1) is 18.1 Å². The summed E-state index contributed by atoms with van der Waals surface area (Å²) < 4.78 is 5.30. The molecule has 2 aromatic rings. The predicted molar refractivity (Wildman–Crippen MR) is 104 cm³/mol. The molecule has 1 fully saturated rings. The van der Waals surface area contributed by atoms with E-state index in [1.54, 1.807) is 18.2 Å². The van der Waals surface area contributed by atoms with E-state index in [9.17, 15) is 10.1 Å². The Kier molecular flexibility index (Phi) is 6.62. The van der Waals surface area contributed by atoms with Crippen molar-refractivity contribution in [1.82, 2.24) is 14.9 Å². The van der Waals surface area contributed by atoms with Crippen LogP contribution in [0, 0.1) is 10.1 Å². The number of aromatic nitrogens is 2. The zero-order chi connectivity index (χ0) is 19.2. The van der Waals surface area contributed by atoms with Gasteiger partial charge in [0.25, 0.3) is 0 Å². The van der Waals surface area contributed by atoms with E-state index in [0.717, 1.165) is 19.6 Å². The summed E-state index contributed by atoms with van der Waals surface area (Å²) in [6, 6.07) is 4.77. The lowest BCUT2D eigenvalue weighted by atomic mass is 10.3. The van der Waals surface area contributed by atoms with Crippen molar-refractivity contribution in [2.45, 2.75) is 0 Å². The van der Waals surface area contributed by atoms with Crippen LogP contribution >= 0.6 is 23.2 Å². The van der Waals surface area contributed by atoms with Gasteiger partial charge in [-0.15, -0.1) is 0 Å². The Hall–Kier alpha value is -2.20. The number of nitro groups is 1. The number of nitrogens with one attached hydrogen (secondary N) is 2. The molecule has 0 saturated carbocycles. The van der Waals surface area contributed by atoms with Gasteiger partial charge >= 0.3 is 5.69 Å². The van der Waals surface area contributed by atoms with Crippen molar-refractivity contribution in [2.75, 3.05) is 50.0 Å². The molecule has 3 rings (SSSR count). The van der Waals surface area contributed by atoms with Crippen LogP contribution in [0.15, 0.2) is 24.5 Å². The molecule has 27 heavy (non-hydrogen) atoms. The lowest BCUT2D eigenvalue weighted by Gasteiger charge is -2.26. The molecule has 0 spiro atoms. The van der Waals surface area contributed by atoms with Crippen LogP contribution in [0.2, 0.25) is 10.0 Å². The second-order valence-electron chi connectivity index (χ2n) is 5.84. The number of hydrogen-bond acceptors (Lipinski definition) is 8.